The first-order chi connectivity index (χ1) is 13.2. The molecule has 3 rings (SSSR count). The van der Waals surface area contributed by atoms with E-state index in [9.17, 15) is 14.7 Å². The fourth-order valence-electron chi connectivity index (χ4n) is 3.10. The van der Waals surface area contributed by atoms with Gasteiger partial charge in [0.25, 0.3) is 0 Å². The number of carboxylic acid groups (broad SMARTS) is 1. The number of fused-ring (bicyclic) bond motifs is 1. The number of carbonyl (C=O) groups excluding carboxylic acids is 1. The summed E-state index contributed by atoms with van der Waals surface area (Å²) in [6, 6.07) is 6.45. The number of carboxylic acids is 1. The van der Waals surface area contributed by atoms with Gasteiger partial charge < -0.3 is 25.0 Å². The third-order valence-electron chi connectivity index (χ3n) is 4.38. The van der Waals surface area contributed by atoms with E-state index in [1.165, 1.54) is 4.90 Å². The van der Waals surface area contributed by atoms with Gasteiger partial charge in [-0.2, -0.15) is 0 Å². The molecule has 1 saturated heterocycles. The van der Waals surface area contributed by atoms with Gasteiger partial charge in [-0.25, -0.2) is 19.6 Å². The second kappa shape index (κ2) is 7.49. The summed E-state index contributed by atoms with van der Waals surface area (Å²) in [7, 11) is 1.72. The lowest BCUT2D eigenvalue weighted by atomic mass is 10.1. The number of amides is 1. The van der Waals surface area contributed by atoms with Gasteiger partial charge in [0.15, 0.2) is 11.6 Å². The lowest BCUT2D eigenvalue weighted by Crippen LogP contribution is -2.58. The van der Waals surface area contributed by atoms with Crippen molar-refractivity contribution >= 4 is 34.7 Å². The molecule has 150 valence electrons. The van der Waals surface area contributed by atoms with Gasteiger partial charge in [-0.05, 0) is 32.9 Å². The molecule has 0 aliphatic carbocycles. The number of benzene rings is 1. The molecule has 1 fully saturated rings. The van der Waals surface area contributed by atoms with Crippen LogP contribution in [0, 0.1) is 0 Å². The fourth-order valence-corrected chi connectivity index (χ4v) is 3.10. The molecule has 2 aromatic rings. The maximum Gasteiger partial charge on any atom is 0.410 e. The van der Waals surface area contributed by atoms with E-state index in [0.29, 0.717) is 30.2 Å². The number of para-hydroxylation sites is 2. The fraction of sp³-hybridized carbons (Fsp3) is 0.474. The summed E-state index contributed by atoms with van der Waals surface area (Å²) < 4.78 is 5.38. The molecule has 2 heterocycles. The number of anilines is 2. The number of nitrogens with zero attached hydrogens (tertiary/aromatic N) is 4. The molecular formula is C19H25N5O4. The summed E-state index contributed by atoms with van der Waals surface area (Å²) in [5.74, 6) is -0.0848. The van der Waals surface area contributed by atoms with Crippen molar-refractivity contribution in [2.24, 2.45) is 0 Å². The maximum atomic E-state index is 12.4. The predicted molar refractivity (Wildman–Crippen MR) is 106 cm³/mol. The van der Waals surface area contributed by atoms with Crippen LogP contribution in [0.3, 0.4) is 0 Å². The van der Waals surface area contributed by atoms with Gasteiger partial charge in [-0.15, -0.1) is 0 Å². The van der Waals surface area contributed by atoms with Crippen molar-refractivity contribution in [2.45, 2.75) is 32.4 Å². The number of carbonyl (C=O) groups is 2. The SMILES string of the molecule is CNc1nc2ccccc2nc1N1CCN(C(=O)OC(C)(C)C)CC1C(=O)O. The molecule has 1 amide bonds. The topological polar surface area (TPSA) is 108 Å². The molecular weight excluding hydrogens is 362 g/mol. The predicted octanol–water partition coefficient (Wildman–Crippen LogP) is 2.18. The average molecular weight is 387 g/mol. The van der Waals surface area contributed by atoms with Crippen molar-refractivity contribution in [3.8, 4) is 0 Å². The summed E-state index contributed by atoms with van der Waals surface area (Å²) in [6.07, 6.45) is -0.517. The smallest absolute Gasteiger partial charge is 0.410 e. The third kappa shape index (κ3) is 4.08. The highest BCUT2D eigenvalue weighted by Gasteiger charge is 2.37. The lowest BCUT2D eigenvalue weighted by molar-refractivity contribution is -0.139. The van der Waals surface area contributed by atoms with Gasteiger partial charge >= 0.3 is 12.1 Å². The zero-order chi connectivity index (χ0) is 20.5. The molecule has 0 radical (unpaired) electrons. The third-order valence-corrected chi connectivity index (χ3v) is 4.38. The number of aliphatic carboxylic acids is 1. The van der Waals surface area contributed by atoms with Gasteiger partial charge in [0.05, 0.1) is 17.6 Å². The number of piperazine rings is 1. The first-order valence-electron chi connectivity index (χ1n) is 9.11. The Morgan fingerprint density at radius 3 is 2.39 bits per heavy atom. The molecule has 1 aliphatic rings. The Balaban J connectivity index is 1.91. The molecule has 2 N–H and O–H groups in total. The number of hydrogen-bond acceptors (Lipinski definition) is 7. The van der Waals surface area contributed by atoms with E-state index < -0.39 is 23.7 Å². The molecule has 1 aliphatic heterocycles. The van der Waals surface area contributed by atoms with Crippen molar-refractivity contribution in [3.05, 3.63) is 24.3 Å². The molecule has 28 heavy (non-hydrogen) atoms. The Morgan fingerprint density at radius 1 is 1.18 bits per heavy atom. The summed E-state index contributed by atoms with van der Waals surface area (Å²) >= 11 is 0. The quantitative estimate of drug-likeness (QED) is 0.825. The van der Waals surface area contributed by atoms with Gasteiger partial charge in [-0.1, -0.05) is 12.1 Å². The highest BCUT2D eigenvalue weighted by Crippen LogP contribution is 2.28. The molecule has 9 nitrogen and oxygen atoms in total. The summed E-state index contributed by atoms with van der Waals surface area (Å²) in [5, 5.41) is 12.8. The lowest BCUT2D eigenvalue weighted by Gasteiger charge is -2.40. The number of ether oxygens (including phenoxy) is 1. The van der Waals surface area contributed by atoms with Crippen LogP contribution in [0.4, 0.5) is 16.4 Å². The van der Waals surface area contributed by atoms with Crippen LogP contribution < -0.4 is 10.2 Å². The molecule has 1 aromatic heterocycles. The van der Waals surface area contributed by atoms with Crippen LogP contribution in [0.25, 0.3) is 11.0 Å². The van der Waals surface area contributed by atoms with Crippen molar-refractivity contribution in [1.82, 2.24) is 14.9 Å². The van der Waals surface area contributed by atoms with E-state index in [0.717, 1.165) is 5.52 Å². The average Bonchev–Trinajstić information content (AvgIpc) is 2.65. The maximum absolute atomic E-state index is 12.4. The molecule has 0 saturated carbocycles. The van der Waals surface area contributed by atoms with Crippen molar-refractivity contribution < 1.29 is 19.4 Å². The molecule has 1 aromatic carbocycles. The van der Waals surface area contributed by atoms with Gasteiger partial charge in [-0.3, -0.25) is 0 Å². The Hall–Kier alpha value is -3.10. The normalized spacial score (nSPS) is 17.5. The molecule has 9 heteroatoms. The van der Waals surface area contributed by atoms with Crippen LogP contribution in [0.15, 0.2) is 24.3 Å². The van der Waals surface area contributed by atoms with E-state index in [4.69, 9.17) is 4.74 Å². The van der Waals surface area contributed by atoms with E-state index in [2.05, 4.69) is 15.3 Å². The Kier molecular flexibility index (Phi) is 5.26. The molecule has 0 bridgehead atoms. The molecule has 0 spiro atoms. The standard InChI is InChI=1S/C19H25N5O4/c1-19(2,3)28-18(27)23-9-10-24(14(11-23)17(25)26)16-15(20-4)21-12-7-5-6-8-13(12)22-16/h5-8,14H,9-11H2,1-4H3,(H,20,21)(H,25,26). The number of nitrogens with one attached hydrogen (secondary N) is 1. The molecule has 1 atom stereocenters. The van der Waals surface area contributed by atoms with Crippen LogP contribution >= 0.6 is 0 Å². The summed E-state index contributed by atoms with van der Waals surface area (Å²) in [6.45, 7) is 5.97. The zero-order valence-electron chi connectivity index (χ0n) is 16.5. The Labute approximate surface area is 163 Å². The van der Waals surface area contributed by atoms with Crippen LogP contribution in [-0.2, 0) is 9.53 Å². The van der Waals surface area contributed by atoms with Gasteiger partial charge in [0.1, 0.15) is 11.6 Å². The van der Waals surface area contributed by atoms with E-state index >= 15 is 0 Å². The highest BCUT2D eigenvalue weighted by atomic mass is 16.6. The minimum Gasteiger partial charge on any atom is -0.480 e. The van der Waals surface area contributed by atoms with Crippen molar-refractivity contribution in [1.29, 1.82) is 0 Å². The van der Waals surface area contributed by atoms with Crippen molar-refractivity contribution in [2.75, 3.05) is 36.9 Å². The first-order valence-corrected chi connectivity index (χ1v) is 9.11. The van der Waals surface area contributed by atoms with Gasteiger partial charge in [0, 0.05) is 20.1 Å². The minimum absolute atomic E-state index is 0.00189. The highest BCUT2D eigenvalue weighted by molar-refractivity contribution is 5.85. The second-order valence-corrected chi connectivity index (χ2v) is 7.61. The monoisotopic (exact) mass is 387 g/mol. The van der Waals surface area contributed by atoms with Crippen LogP contribution in [0.5, 0.6) is 0 Å². The van der Waals surface area contributed by atoms with Gasteiger partial charge in [0.2, 0.25) is 0 Å². The number of aromatic nitrogens is 2. The van der Waals surface area contributed by atoms with Crippen LogP contribution in [0.2, 0.25) is 0 Å². The van der Waals surface area contributed by atoms with Crippen molar-refractivity contribution in [3.63, 3.8) is 0 Å². The Bertz CT molecular complexity index is 896. The largest absolute Gasteiger partial charge is 0.480 e. The minimum atomic E-state index is -1.04. The first kappa shape index (κ1) is 19.7. The summed E-state index contributed by atoms with van der Waals surface area (Å²) in [5.41, 5.74) is 0.751. The summed E-state index contributed by atoms with van der Waals surface area (Å²) in [4.78, 5) is 36.6. The number of hydrogen-bond donors (Lipinski definition) is 2. The van der Waals surface area contributed by atoms with Crippen LogP contribution in [0.1, 0.15) is 20.8 Å². The van der Waals surface area contributed by atoms with E-state index in [1.54, 1.807) is 32.7 Å². The Morgan fingerprint density at radius 2 is 1.82 bits per heavy atom. The number of rotatable bonds is 3. The molecule has 1 unspecified atom stereocenters. The van der Waals surface area contributed by atoms with E-state index in [1.807, 2.05) is 24.3 Å². The van der Waals surface area contributed by atoms with Crippen LogP contribution in [-0.4, -0.2) is 70.4 Å². The second-order valence-electron chi connectivity index (χ2n) is 7.61. The van der Waals surface area contributed by atoms with E-state index in [-0.39, 0.29) is 6.54 Å². The zero-order valence-corrected chi connectivity index (χ0v) is 16.5.